The molecule has 0 heterocycles. The van der Waals surface area contributed by atoms with Crippen molar-refractivity contribution in [1.29, 1.82) is 0 Å². The van der Waals surface area contributed by atoms with Gasteiger partial charge in [0.15, 0.2) is 11.6 Å². The number of nitrogens with one attached hydrogen (secondary N) is 1. The average Bonchev–Trinajstić information content (AvgIpc) is 2.42. The van der Waals surface area contributed by atoms with Crippen molar-refractivity contribution in [1.82, 2.24) is 0 Å². The van der Waals surface area contributed by atoms with Crippen LogP contribution in [0, 0.1) is 11.6 Å². The summed E-state index contributed by atoms with van der Waals surface area (Å²) in [6.07, 6.45) is 0. The number of carboxylic acids is 1. The summed E-state index contributed by atoms with van der Waals surface area (Å²) in [6, 6.07) is 9.68. The molecule has 0 aliphatic heterocycles. The van der Waals surface area contributed by atoms with Crippen LogP contribution in [0.2, 0.25) is 0 Å². The molecular weight excluding hydrogens is 264 g/mol. The lowest BCUT2D eigenvalue weighted by atomic mass is 10.1. The maximum absolute atomic E-state index is 13.2. The minimum absolute atomic E-state index is 0.160. The molecule has 0 aliphatic carbocycles. The van der Waals surface area contributed by atoms with E-state index in [0.29, 0.717) is 11.3 Å². The lowest BCUT2D eigenvalue weighted by Crippen LogP contribution is -2.08. The Morgan fingerprint density at radius 1 is 1.15 bits per heavy atom. The van der Waals surface area contributed by atoms with Crippen molar-refractivity contribution in [3.05, 3.63) is 65.2 Å². The fraction of sp³-hybridized carbons (Fsp3) is 0.133. The maximum atomic E-state index is 13.2. The van der Waals surface area contributed by atoms with Gasteiger partial charge in [-0.15, -0.1) is 0 Å². The minimum Gasteiger partial charge on any atom is -0.478 e. The van der Waals surface area contributed by atoms with E-state index in [0.717, 1.165) is 12.1 Å². The van der Waals surface area contributed by atoms with Gasteiger partial charge >= 0.3 is 5.97 Å². The first kappa shape index (κ1) is 14.0. The van der Waals surface area contributed by atoms with E-state index < -0.39 is 17.6 Å². The van der Waals surface area contributed by atoms with Crippen molar-refractivity contribution >= 4 is 11.7 Å². The van der Waals surface area contributed by atoms with Gasteiger partial charge in [-0.25, -0.2) is 13.6 Å². The standard InChI is InChI=1S/C15H13F2NO2/c1-9(10-5-6-13(16)14(17)8-10)18-12-4-2-3-11(7-12)15(19)20/h2-9,18H,1H3,(H,19,20). The van der Waals surface area contributed by atoms with Gasteiger partial charge in [0.2, 0.25) is 0 Å². The van der Waals surface area contributed by atoms with Crippen molar-refractivity contribution in [2.24, 2.45) is 0 Å². The highest BCUT2D eigenvalue weighted by Gasteiger charge is 2.10. The molecule has 104 valence electrons. The first-order chi connectivity index (χ1) is 9.47. The van der Waals surface area contributed by atoms with E-state index in [1.165, 1.54) is 18.2 Å². The van der Waals surface area contributed by atoms with E-state index >= 15 is 0 Å². The van der Waals surface area contributed by atoms with Crippen molar-refractivity contribution in [2.45, 2.75) is 13.0 Å². The summed E-state index contributed by atoms with van der Waals surface area (Å²) in [5.41, 5.74) is 1.33. The van der Waals surface area contributed by atoms with Crippen LogP contribution < -0.4 is 5.32 Å². The van der Waals surface area contributed by atoms with Crippen LogP contribution in [-0.2, 0) is 0 Å². The Balaban J connectivity index is 2.18. The molecule has 2 rings (SSSR count). The molecule has 5 heteroatoms. The van der Waals surface area contributed by atoms with E-state index in [9.17, 15) is 13.6 Å². The number of hydrogen-bond donors (Lipinski definition) is 2. The molecule has 0 saturated heterocycles. The number of aromatic carboxylic acids is 1. The van der Waals surface area contributed by atoms with Gasteiger partial charge in [0.1, 0.15) is 0 Å². The van der Waals surface area contributed by atoms with Crippen molar-refractivity contribution in [3.63, 3.8) is 0 Å². The Hall–Kier alpha value is -2.43. The largest absolute Gasteiger partial charge is 0.478 e. The predicted molar refractivity (Wildman–Crippen MR) is 71.8 cm³/mol. The van der Waals surface area contributed by atoms with Gasteiger partial charge in [-0.2, -0.15) is 0 Å². The van der Waals surface area contributed by atoms with Gasteiger partial charge in [0.05, 0.1) is 5.56 Å². The van der Waals surface area contributed by atoms with E-state index in [4.69, 9.17) is 5.11 Å². The summed E-state index contributed by atoms with van der Waals surface area (Å²) in [7, 11) is 0. The molecular formula is C15H13F2NO2. The van der Waals surface area contributed by atoms with E-state index in [2.05, 4.69) is 5.32 Å². The van der Waals surface area contributed by atoms with E-state index in [1.807, 2.05) is 0 Å². The van der Waals surface area contributed by atoms with Gasteiger partial charge in [0.25, 0.3) is 0 Å². The number of hydrogen-bond acceptors (Lipinski definition) is 2. The maximum Gasteiger partial charge on any atom is 0.335 e. The van der Waals surface area contributed by atoms with Crippen LogP contribution in [-0.4, -0.2) is 11.1 Å². The minimum atomic E-state index is -1.02. The van der Waals surface area contributed by atoms with E-state index in [-0.39, 0.29) is 11.6 Å². The summed E-state index contributed by atoms with van der Waals surface area (Å²) >= 11 is 0. The Morgan fingerprint density at radius 2 is 1.90 bits per heavy atom. The molecule has 2 aromatic rings. The zero-order chi connectivity index (χ0) is 14.7. The van der Waals surface area contributed by atoms with Crippen LogP contribution in [0.5, 0.6) is 0 Å². The van der Waals surface area contributed by atoms with Gasteiger partial charge < -0.3 is 10.4 Å². The molecule has 0 saturated carbocycles. The zero-order valence-corrected chi connectivity index (χ0v) is 10.7. The average molecular weight is 277 g/mol. The van der Waals surface area contributed by atoms with Crippen molar-refractivity contribution in [2.75, 3.05) is 5.32 Å². The predicted octanol–water partition coefficient (Wildman–Crippen LogP) is 3.84. The van der Waals surface area contributed by atoms with Crippen LogP contribution >= 0.6 is 0 Å². The Kier molecular flexibility index (Phi) is 3.98. The van der Waals surface area contributed by atoms with Gasteiger partial charge in [-0.05, 0) is 42.8 Å². The monoisotopic (exact) mass is 277 g/mol. The first-order valence-corrected chi connectivity index (χ1v) is 6.02. The van der Waals surface area contributed by atoms with Crippen LogP contribution in [0.1, 0.15) is 28.9 Å². The second-order valence-electron chi connectivity index (χ2n) is 4.43. The third-order valence-electron chi connectivity index (χ3n) is 2.94. The Labute approximate surface area is 114 Å². The molecule has 20 heavy (non-hydrogen) atoms. The lowest BCUT2D eigenvalue weighted by molar-refractivity contribution is 0.0697. The number of halogens is 2. The van der Waals surface area contributed by atoms with Crippen LogP contribution in [0.15, 0.2) is 42.5 Å². The van der Waals surface area contributed by atoms with Gasteiger partial charge in [-0.1, -0.05) is 12.1 Å². The number of benzene rings is 2. The molecule has 1 unspecified atom stereocenters. The lowest BCUT2D eigenvalue weighted by Gasteiger charge is -2.16. The summed E-state index contributed by atoms with van der Waals surface area (Å²) < 4.78 is 26.0. The fourth-order valence-corrected chi connectivity index (χ4v) is 1.86. The normalized spacial score (nSPS) is 11.9. The number of carboxylic acid groups (broad SMARTS) is 1. The van der Waals surface area contributed by atoms with Crippen LogP contribution in [0.4, 0.5) is 14.5 Å². The third kappa shape index (κ3) is 3.12. The fourth-order valence-electron chi connectivity index (χ4n) is 1.86. The zero-order valence-electron chi connectivity index (χ0n) is 10.7. The Morgan fingerprint density at radius 3 is 2.55 bits per heavy atom. The molecule has 0 amide bonds. The van der Waals surface area contributed by atoms with Crippen molar-refractivity contribution < 1.29 is 18.7 Å². The van der Waals surface area contributed by atoms with Crippen LogP contribution in [0.25, 0.3) is 0 Å². The molecule has 0 spiro atoms. The molecule has 2 aromatic carbocycles. The first-order valence-electron chi connectivity index (χ1n) is 6.02. The van der Waals surface area contributed by atoms with Crippen molar-refractivity contribution in [3.8, 4) is 0 Å². The summed E-state index contributed by atoms with van der Waals surface area (Å²) in [6.45, 7) is 1.78. The topological polar surface area (TPSA) is 49.3 Å². The van der Waals surface area contributed by atoms with Gasteiger partial charge in [-0.3, -0.25) is 0 Å². The molecule has 2 N–H and O–H groups in total. The molecule has 0 bridgehead atoms. The number of anilines is 1. The summed E-state index contributed by atoms with van der Waals surface area (Å²) in [5.74, 6) is -2.82. The smallest absolute Gasteiger partial charge is 0.335 e. The number of carbonyl (C=O) groups is 1. The molecule has 0 radical (unpaired) electrons. The summed E-state index contributed by atoms with van der Waals surface area (Å²) in [4.78, 5) is 10.9. The second-order valence-corrected chi connectivity index (χ2v) is 4.43. The van der Waals surface area contributed by atoms with Gasteiger partial charge in [0, 0.05) is 11.7 Å². The third-order valence-corrected chi connectivity index (χ3v) is 2.94. The molecule has 0 aromatic heterocycles. The molecule has 1 atom stereocenters. The summed E-state index contributed by atoms with van der Waals surface area (Å²) in [5, 5.41) is 12.0. The number of rotatable bonds is 4. The van der Waals surface area contributed by atoms with Crippen LogP contribution in [0.3, 0.4) is 0 Å². The molecule has 0 aliphatic rings. The quantitative estimate of drug-likeness (QED) is 0.892. The highest BCUT2D eigenvalue weighted by atomic mass is 19.2. The molecule has 0 fully saturated rings. The highest BCUT2D eigenvalue weighted by molar-refractivity contribution is 5.88. The second kappa shape index (κ2) is 5.69. The van der Waals surface area contributed by atoms with E-state index in [1.54, 1.807) is 19.1 Å². The SMILES string of the molecule is CC(Nc1cccc(C(=O)O)c1)c1ccc(F)c(F)c1. The molecule has 3 nitrogen and oxygen atoms in total. The highest BCUT2D eigenvalue weighted by Crippen LogP contribution is 2.21. The Bertz CT molecular complexity index is 644.